The second-order valence-corrected chi connectivity index (χ2v) is 7.95. The van der Waals surface area contributed by atoms with Gasteiger partial charge in [-0.2, -0.15) is 0 Å². The fourth-order valence-electron chi connectivity index (χ4n) is 4.48. The zero-order valence-corrected chi connectivity index (χ0v) is 15.3. The number of aromatic nitrogens is 1. The van der Waals surface area contributed by atoms with Gasteiger partial charge in [0.2, 0.25) is 0 Å². The first kappa shape index (κ1) is 16.8. The van der Waals surface area contributed by atoms with Gasteiger partial charge in [0.05, 0.1) is 5.56 Å². The molecule has 1 heterocycles. The molecular weight excluding hydrogens is 332 g/mol. The minimum Gasteiger partial charge on any atom is -0.349 e. The standard InChI is InChI=1S/C21H25ClN2O/c22-20-17-12-5-4-11-16(17)18(13-23-20)21(25)24-19(15-9-6-10-15)14-7-2-1-3-8-14/h4-5,11-15,19H,1-3,6-10H2,(H,24,25). The van der Waals surface area contributed by atoms with Crippen LogP contribution in [0.25, 0.3) is 10.8 Å². The molecule has 132 valence electrons. The van der Waals surface area contributed by atoms with Gasteiger partial charge in [-0.05, 0) is 42.9 Å². The van der Waals surface area contributed by atoms with Crippen molar-refractivity contribution < 1.29 is 4.79 Å². The van der Waals surface area contributed by atoms with Gasteiger partial charge in [0.25, 0.3) is 5.91 Å². The van der Waals surface area contributed by atoms with Crippen LogP contribution in [-0.4, -0.2) is 16.9 Å². The summed E-state index contributed by atoms with van der Waals surface area (Å²) < 4.78 is 0. The van der Waals surface area contributed by atoms with E-state index in [4.69, 9.17) is 11.6 Å². The molecule has 1 amide bonds. The average Bonchev–Trinajstić information content (AvgIpc) is 2.61. The molecule has 2 aliphatic carbocycles. The molecule has 1 N–H and O–H groups in total. The Morgan fingerprint density at radius 1 is 1.00 bits per heavy atom. The Balaban J connectivity index is 1.60. The molecule has 0 bridgehead atoms. The van der Waals surface area contributed by atoms with Crippen LogP contribution in [0, 0.1) is 11.8 Å². The second-order valence-electron chi connectivity index (χ2n) is 7.60. The first-order valence-electron chi connectivity index (χ1n) is 9.58. The third kappa shape index (κ3) is 3.39. The summed E-state index contributed by atoms with van der Waals surface area (Å²) in [5.41, 5.74) is 0.639. The molecule has 1 aromatic carbocycles. The first-order valence-corrected chi connectivity index (χ1v) is 9.96. The van der Waals surface area contributed by atoms with Gasteiger partial charge in [-0.1, -0.05) is 61.5 Å². The van der Waals surface area contributed by atoms with Crippen LogP contribution in [0.3, 0.4) is 0 Å². The molecule has 1 atom stereocenters. The van der Waals surface area contributed by atoms with E-state index in [0.717, 1.165) is 10.8 Å². The molecule has 4 rings (SSSR count). The van der Waals surface area contributed by atoms with Crippen molar-refractivity contribution in [3.8, 4) is 0 Å². The Hall–Kier alpha value is -1.61. The summed E-state index contributed by atoms with van der Waals surface area (Å²) in [7, 11) is 0. The molecule has 0 saturated heterocycles. The molecule has 0 spiro atoms. The predicted molar refractivity (Wildman–Crippen MR) is 102 cm³/mol. The maximum Gasteiger partial charge on any atom is 0.253 e. The number of pyridine rings is 1. The number of benzene rings is 1. The van der Waals surface area contributed by atoms with E-state index in [2.05, 4.69) is 10.3 Å². The third-order valence-corrected chi connectivity index (χ3v) is 6.41. The highest BCUT2D eigenvalue weighted by molar-refractivity contribution is 6.34. The van der Waals surface area contributed by atoms with Gasteiger partial charge in [0, 0.05) is 17.6 Å². The van der Waals surface area contributed by atoms with Crippen molar-refractivity contribution in [2.24, 2.45) is 11.8 Å². The smallest absolute Gasteiger partial charge is 0.253 e. The van der Waals surface area contributed by atoms with Crippen LogP contribution < -0.4 is 5.32 Å². The second kappa shape index (κ2) is 7.33. The highest BCUT2D eigenvalue weighted by atomic mass is 35.5. The monoisotopic (exact) mass is 356 g/mol. The van der Waals surface area contributed by atoms with Crippen molar-refractivity contribution in [2.75, 3.05) is 0 Å². The molecule has 25 heavy (non-hydrogen) atoms. The van der Waals surface area contributed by atoms with Crippen molar-refractivity contribution >= 4 is 28.3 Å². The van der Waals surface area contributed by atoms with Crippen LogP contribution in [0.2, 0.25) is 5.15 Å². The number of fused-ring (bicyclic) bond motifs is 1. The summed E-state index contributed by atoms with van der Waals surface area (Å²) in [6.07, 6.45) is 11.9. The molecule has 0 aliphatic heterocycles. The van der Waals surface area contributed by atoms with Crippen LogP contribution in [0.1, 0.15) is 61.7 Å². The molecule has 3 nitrogen and oxygen atoms in total. The van der Waals surface area contributed by atoms with Crippen LogP contribution in [0.5, 0.6) is 0 Å². The summed E-state index contributed by atoms with van der Waals surface area (Å²) in [6, 6.07) is 8.07. The van der Waals surface area contributed by atoms with Gasteiger partial charge in [-0.15, -0.1) is 0 Å². The summed E-state index contributed by atoms with van der Waals surface area (Å²) in [5, 5.41) is 5.58. The van der Waals surface area contributed by atoms with E-state index >= 15 is 0 Å². The number of carbonyl (C=O) groups is 1. The van der Waals surface area contributed by atoms with E-state index in [1.54, 1.807) is 6.20 Å². The molecular formula is C21H25ClN2O. The largest absolute Gasteiger partial charge is 0.349 e. The molecule has 2 aromatic rings. The highest BCUT2D eigenvalue weighted by Crippen LogP contribution is 2.38. The number of halogens is 1. The van der Waals surface area contributed by atoms with Crippen LogP contribution in [0.15, 0.2) is 30.5 Å². The Labute approximate surface area is 154 Å². The Bertz CT molecular complexity index is 766. The van der Waals surface area contributed by atoms with Gasteiger partial charge < -0.3 is 5.32 Å². The maximum atomic E-state index is 13.1. The van der Waals surface area contributed by atoms with Gasteiger partial charge >= 0.3 is 0 Å². The predicted octanol–water partition coefficient (Wildman–Crippen LogP) is 5.37. The van der Waals surface area contributed by atoms with E-state index < -0.39 is 0 Å². The topological polar surface area (TPSA) is 42.0 Å². The lowest BCUT2D eigenvalue weighted by atomic mass is 9.71. The Morgan fingerprint density at radius 3 is 2.28 bits per heavy atom. The van der Waals surface area contributed by atoms with E-state index in [-0.39, 0.29) is 5.91 Å². The summed E-state index contributed by atoms with van der Waals surface area (Å²) in [6.45, 7) is 0. The fraction of sp³-hybridized carbons (Fsp3) is 0.524. The van der Waals surface area contributed by atoms with Crippen molar-refractivity contribution in [3.05, 3.63) is 41.2 Å². The summed E-state index contributed by atoms with van der Waals surface area (Å²) >= 11 is 6.20. The van der Waals surface area contributed by atoms with E-state index in [1.165, 1.54) is 51.4 Å². The zero-order valence-electron chi connectivity index (χ0n) is 14.5. The minimum atomic E-state index is 0.00263. The molecule has 2 saturated carbocycles. The van der Waals surface area contributed by atoms with Crippen molar-refractivity contribution in [1.82, 2.24) is 10.3 Å². The van der Waals surface area contributed by atoms with E-state index in [9.17, 15) is 4.79 Å². The van der Waals surface area contributed by atoms with Gasteiger partial charge in [0.15, 0.2) is 0 Å². The molecule has 4 heteroatoms. The normalized spacial score (nSPS) is 20.2. The number of rotatable bonds is 4. The van der Waals surface area contributed by atoms with Crippen molar-refractivity contribution in [3.63, 3.8) is 0 Å². The lowest BCUT2D eigenvalue weighted by Gasteiger charge is -2.40. The van der Waals surface area contributed by atoms with E-state index in [1.807, 2.05) is 24.3 Å². The lowest BCUT2D eigenvalue weighted by molar-refractivity contribution is 0.0832. The zero-order chi connectivity index (χ0) is 17.2. The summed E-state index contributed by atoms with van der Waals surface area (Å²) in [4.78, 5) is 17.3. The summed E-state index contributed by atoms with van der Waals surface area (Å²) in [5.74, 6) is 1.29. The van der Waals surface area contributed by atoms with Crippen LogP contribution in [-0.2, 0) is 0 Å². The lowest BCUT2D eigenvalue weighted by Crippen LogP contribution is -2.48. The molecule has 1 aromatic heterocycles. The van der Waals surface area contributed by atoms with E-state index in [0.29, 0.717) is 28.6 Å². The fourth-order valence-corrected chi connectivity index (χ4v) is 4.69. The van der Waals surface area contributed by atoms with Crippen molar-refractivity contribution in [1.29, 1.82) is 0 Å². The molecule has 0 radical (unpaired) electrons. The number of hydrogen-bond donors (Lipinski definition) is 1. The average molecular weight is 357 g/mol. The molecule has 2 aliphatic rings. The third-order valence-electron chi connectivity index (χ3n) is 6.10. The Kier molecular flexibility index (Phi) is 4.93. The molecule has 2 fully saturated rings. The van der Waals surface area contributed by atoms with Crippen LogP contribution >= 0.6 is 11.6 Å². The first-order chi connectivity index (χ1) is 12.2. The highest BCUT2D eigenvalue weighted by Gasteiger charge is 2.35. The quantitative estimate of drug-likeness (QED) is 0.748. The number of nitrogens with zero attached hydrogens (tertiary/aromatic N) is 1. The number of carbonyl (C=O) groups excluding carboxylic acids is 1. The minimum absolute atomic E-state index is 0.00263. The number of nitrogens with one attached hydrogen (secondary N) is 1. The number of hydrogen-bond acceptors (Lipinski definition) is 2. The van der Waals surface area contributed by atoms with Crippen molar-refractivity contribution in [2.45, 2.75) is 57.4 Å². The van der Waals surface area contributed by atoms with Gasteiger partial charge in [0.1, 0.15) is 5.15 Å². The molecule has 1 unspecified atom stereocenters. The van der Waals surface area contributed by atoms with Crippen LogP contribution in [0.4, 0.5) is 0 Å². The Morgan fingerprint density at radius 2 is 1.64 bits per heavy atom. The number of amides is 1. The van der Waals surface area contributed by atoms with Gasteiger partial charge in [-0.3, -0.25) is 4.79 Å². The maximum absolute atomic E-state index is 13.1. The SMILES string of the molecule is O=C(NC(C1CCCCC1)C1CCC1)c1cnc(Cl)c2ccccc12. The van der Waals surface area contributed by atoms with Gasteiger partial charge in [-0.25, -0.2) is 4.98 Å².